The van der Waals surface area contributed by atoms with Gasteiger partial charge in [-0.1, -0.05) is 65.6 Å². The minimum absolute atomic E-state index is 0.110. The minimum atomic E-state index is -0.110. The second-order valence-corrected chi connectivity index (χ2v) is 8.24. The molecule has 0 spiro atoms. The standard InChI is InChI=1S/C18H14ClNO2S3/c1-2-9-20-17(21)15(25-18(20)23)10-14-7-8-16(22-14)24-11-12-3-5-13(19)6-4-12/h2-8,10H,1,9,11H2. The third-order valence-corrected chi connectivity index (χ3v) is 5.97. The van der Waals surface area contributed by atoms with E-state index >= 15 is 0 Å². The molecule has 2 heterocycles. The number of halogens is 1. The van der Waals surface area contributed by atoms with Crippen LogP contribution in [0.15, 0.2) is 63.5 Å². The maximum Gasteiger partial charge on any atom is 0.266 e. The van der Waals surface area contributed by atoms with E-state index in [0.29, 0.717) is 21.5 Å². The summed E-state index contributed by atoms with van der Waals surface area (Å²) >= 11 is 14.0. The molecule has 3 nitrogen and oxygen atoms in total. The molecule has 0 N–H and O–H groups in total. The van der Waals surface area contributed by atoms with Crippen LogP contribution in [0.4, 0.5) is 0 Å². The summed E-state index contributed by atoms with van der Waals surface area (Å²) in [7, 11) is 0. The predicted molar refractivity (Wildman–Crippen MR) is 110 cm³/mol. The van der Waals surface area contributed by atoms with E-state index in [4.69, 9.17) is 28.2 Å². The Bertz CT molecular complexity index is 842. The van der Waals surface area contributed by atoms with E-state index in [0.717, 1.165) is 21.4 Å². The lowest BCUT2D eigenvalue weighted by Crippen LogP contribution is -2.27. The van der Waals surface area contributed by atoms with E-state index in [1.165, 1.54) is 16.7 Å². The van der Waals surface area contributed by atoms with Crippen LogP contribution >= 0.6 is 47.3 Å². The first-order chi connectivity index (χ1) is 12.1. The lowest BCUT2D eigenvalue weighted by molar-refractivity contribution is -0.121. The van der Waals surface area contributed by atoms with Gasteiger partial charge in [0.25, 0.3) is 5.91 Å². The van der Waals surface area contributed by atoms with Crippen molar-refractivity contribution >= 4 is 63.6 Å². The zero-order chi connectivity index (χ0) is 17.8. The van der Waals surface area contributed by atoms with E-state index in [9.17, 15) is 4.79 Å². The van der Waals surface area contributed by atoms with E-state index in [2.05, 4.69) is 6.58 Å². The third-order valence-electron chi connectivity index (χ3n) is 3.36. The smallest absolute Gasteiger partial charge is 0.266 e. The van der Waals surface area contributed by atoms with E-state index in [1.807, 2.05) is 36.4 Å². The largest absolute Gasteiger partial charge is 0.450 e. The predicted octanol–water partition coefficient (Wildman–Crippen LogP) is 5.61. The Hall–Kier alpha value is -1.47. The fraction of sp³-hybridized carbons (Fsp3) is 0.111. The average Bonchev–Trinajstić information content (AvgIpc) is 3.15. The number of thiocarbonyl (C=S) groups is 1. The zero-order valence-electron chi connectivity index (χ0n) is 13.1. The number of furan rings is 1. The molecule has 3 rings (SSSR count). The molecule has 1 fully saturated rings. The van der Waals surface area contributed by atoms with Gasteiger partial charge in [-0.3, -0.25) is 9.69 Å². The topological polar surface area (TPSA) is 33.5 Å². The van der Waals surface area contributed by atoms with E-state index < -0.39 is 0 Å². The van der Waals surface area contributed by atoms with Crippen molar-refractivity contribution in [3.63, 3.8) is 0 Å². The van der Waals surface area contributed by atoms with Gasteiger partial charge in [0.1, 0.15) is 10.1 Å². The molecule has 0 bridgehead atoms. The van der Waals surface area contributed by atoms with Crippen molar-refractivity contribution in [2.45, 2.75) is 10.8 Å². The highest BCUT2D eigenvalue weighted by molar-refractivity contribution is 8.26. The molecular weight excluding hydrogens is 394 g/mol. The van der Waals surface area contributed by atoms with Crippen LogP contribution in [0.1, 0.15) is 11.3 Å². The summed E-state index contributed by atoms with van der Waals surface area (Å²) in [5.74, 6) is 1.31. The van der Waals surface area contributed by atoms with Crippen LogP contribution in [0, 0.1) is 0 Å². The molecule has 1 aromatic heterocycles. The lowest BCUT2D eigenvalue weighted by atomic mass is 10.2. The van der Waals surface area contributed by atoms with Crippen LogP contribution in [0.25, 0.3) is 6.08 Å². The monoisotopic (exact) mass is 407 g/mol. The van der Waals surface area contributed by atoms with Gasteiger partial charge in [0.15, 0.2) is 5.09 Å². The van der Waals surface area contributed by atoms with Crippen molar-refractivity contribution in [2.24, 2.45) is 0 Å². The molecule has 7 heteroatoms. The zero-order valence-corrected chi connectivity index (χ0v) is 16.3. The average molecular weight is 408 g/mol. The van der Waals surface area contributed by atoms with Crippen molar-refractivity contribution in [1.29, 1.82) is 0 Å². The molecule has 1 saturated heterocycles. The molecule has 1 amide bonds. The van der Waals surface area contributed by atoms with Crippen LogP contribution in [0.2, 0.25) is 5.02 Å². The number of hydrogen-bond acceptors (Lipinski definition) is 5. The third kappa shape index (κ3) is 4.58. The summed E-state index contributed by atoms with van der Waals surface area (Å²) < 4.78 is 6.32. The first-order valence-electron chi connectivity index (χ1n) is 7.40. The number of benzene rings is 1. The van der Waals surface area contributed by atoms with Gasteiger partial charge in [0.2, 0.25) is 0 Å². The number of thioether (sulfide) groups is 2. The van der Waals surface area contributed by atoms with Crippen molar-refractivity contribution in [3.05, 3.63) is 70.3 Å². The molecule has 1 aliphatic rings. The van der Waals surface area contributed by atoms with Crippen molar-refractivity contribution < 1.29 is 9.21 Å². The first-order valence-corrected chi connectivity index (χ1v) is 9.99. The minimum Gasteiger partial charge on any atom is -0.450 e. The van der Waals surface area contributed by atoms with Crippen LogP contribution in [-0.4, -0.2) is 21.7 Å². The molecule has 2 aromatic rings. The molecule has 25 heavy (non-hydrogen) atoms. The first kappa shape index (κ1) is 18.3. The number of hydrogen-bond donors (Lipinski definition) is 0. The molecule has 0 radical (unpaired) electrons. The fourth-order valence-electron chi connectivity index (χ4n) is 2.14. The van der Waals surface area contributed by atoms with Gasteiger partial charge in [0, 0.05) is 23.4 Å². The fourth-order valence-corrected chi connectivity index (χ4v) is 4.34. The molecule has 128 valence electrons. The quantitative estimate of drug-likeness (QED) is 0.269. The molecule has 0 aliphatic carbocycles. The van der Waals surface area contributed by atoms with Gasteiger partial charge in [-0.05, 0) is 29.8 Å². The molecule has 1 aromatic carbocycles. The number of carbonyl (C=O) groups is 1. The normalized spacial score (nSPS) is 16.0. The van der Waals surface area contributed by atoms with Crippen LogP contribution in [-0.2, 0) is 10.5 Å². The number of carbonyl (C=O) groups excluding carboxylic acids is 1. The highest BCUT2D eigenvalue weighted by atomic mass is 35.5. The lowest BCUT2D eigenvalue weighted by Gasteiger charge is -2.10. The van der Waals surface area contributed by atoms with Crippen molar-refractivity contribution in [1.82, 2.24) is 4.90 Å². The van der Waals surface area contributed by atoms with Gasteiger partial charge in [-0.15, -0.1) is 6.58 Å². The Morgan fingerprint density at radius 1 is 1.28 bits per heavy atom. The van der Waals surface area contributed by atoms with E-state index in [-0.39, 0.29) is 5.91 Å². The molecule has 1 aliphatic heterocycles. The SMILES string of the molecule is C=CCN1C(=O)C(=Cc2ccc(SCc3ccc(Cl)cc3)o2)SC1=S. The Balaban J connectivity index is 1.65. The molecule has 0 unspecified atom stereocenters. The molecular formula is C18H14ClNO2S3. The highest BCUT2D eigenvalue weighted by Gasteiger charge is 2.31. The van der Waals surface area contributed by atoms with Crippen molar-refractivity contribution in [2.75, 3.05) is 6.54 Å². The summed E-state index contributed by atoms with van der Waals surface area (Å²) in [5.41, 5.74) is 1.16. The summed E-state index contributed by atoms with van der Waals surface area (Å²) in [6, 6.07) is 11.5. The summed E-state index contributed by atoms with van der Waals surface area (Å²) in [6.07, 6.45) is 3.39. The van der Waals surface area contributed by atoms with Gasteiger partial charge in [-0.25, -0.2) is 0 Å². The van der Waals surface area contributed by atoms with Crippen LogP contribution < -0.4 is 0 Å². The number of rotatable bonds is 6. The van der Waals surface area contributed by atoms with Gasteiger partial charge in [0.05, 0.1) is 4.91 Å². The number of nitrogens with zero attached hydrogens (tertiary/aromatic N) is 1. The Morgan fingerprint density at radius 2 is 2.04 bits per heavy atom. The Labute approximate surface area is 165 Å². The molecule has 0 atom stereocenters. The summed E-state index contributed by atoms with van der Waals surface area (Å²) in [6.45, 7) is 4.06. The Kier molecular flexibility index (Phi) is 6.06. The second-order valence-electron chi connectivity index (χ2n) is 5.15. The maximum absolute atomic E-state index is 12.3. The van der Waals surface area contributed by atoms with Crippen LogP contribution in [0.3, 0.4) is 0 Å². The summed E-state index contributed by atoms with van der Waals surface area (Å²) in [4.78, 5) is 14.4. The summed E-state index contributed by atoms with van der Waals surface area (Å²) in [5, 5.41) is 1.52. The van der Waals surface area contributed by atoms with Gasteiger partial charge in [-0.2, -0.15) is 0 Å². The maximum atomic E-state index is 12.3. The second kappa shape index (κ2) is 8.27. The Morgan fingerprint density at radius 3 is 2.76 bits per heavy atom. The van der Waals surface area contributed by atoms with Crippen molar-refractivity contribution in [3.8, 4) is 0 Å². The van der Waals surface area contributed by atoms with Gasteiger partial charge >= 0.3 is 0 Å². The van der Waals surface area contributed by atoms with Crippen LogP contribution in [0.5, 0.6) is 0 Å². The van der Waals surface area contributed by atoms with E-state index in [1.54, 1.807) is 23.9 Å². The number of amides is 1. The molecule has 0 saturated carbocycles. The van der Waals surface area contributed by atoms with Gasteiger partial charge < -0.3 is 4.42 Å². The highest BCUT2D eigenvalue weighted by Crippen LogP contribution is 2.33.